The van der Waals surface area contributed by atoms with Gasteiger partial charge in [-0.05, 0) is 31.6 Å². The minimum atomic E-state index is 0.740. The van der Waals surface area contributed by atoms with Crippen LogP contribution in [0.4, 0.5) is 5.82 Å². The fraction of sp³-hybridized carbons (Fsp3) is 0.667. The van der Waals surface area contributed by atoms with Crippen LogP contribution in [0.5, 0.6) is 0 Å². The van der Waals surface area contributed by atoms with Gasteiger partial charge in [-0.1, -0.05) is 6.42 Å². The molecular weight excluding hydrogens is 268 g/mol. The van der Waals surface area contributed by atoms with Gasteiger partial charge >= 0.3 is 0 Å². The highest BCUT2D eigenvalue weighted by Gasteiger charge is 2.25. The molecule has 4 nitrogen and oxygen atoms in total. The van der Waals surface area contributed by atoms with E-state index in [4.69, 9.17) is 4.98 Å². The molecule has 0 spiro atoms. The predicted octanol–water partition coefficient (Wildman–Crippen LogP) is 2.88. The molecule has 0 radical (unpaired) electrons. The van der Waals surface area contributed by atoms with Gasteiger partial charge in [-0.25, -0.2) is 4.98 Å². The lowest BCUT2D eigenvalue weighted by molar-refractivity contribution is 0.321. The summed E-state index contributed by atoms with van der Waals surface area (Å²) in [6, 6.07) is 0.740. The maximum atomic E-state index is 4.85. The van der Waals surface area contributed by atoms with E-state index >= 15 is 0 Å². The van der Waals surface area contributed by atoms with E-state index in [2.05, 4.69) is 33.2 Å². The minimum absolute atomic E-state index is 0.740. The lowest BCUT2D eigenvalue weighted by atomic mass is 9.85. The number of hydrogen-bond acceptors (Lipinski definition) is 4. The molecule has 2 heterocycles. The monoisotopic (exact) mass is 290 g/mol. The Balaban J connectivity index is 1.58. The van der Waals surface area contributed by atoms with Crippen molar-refractivity contribution in [3.63, 3.8) is 0 Å². The Morgan fingerprint density at radius 2 is 2.25 bits per heavy atom. The van der Waals surface area contributed by atoms with E-state index in [1.54, 1.807) is 11.3 Å². The summed E-state index contributed by atoms with van der Waals surface area (Å²) in [6.45, 7) is 2.09. The number of rotatable bonds is 6. The number of fused-ring (bicyclic) bond motifs is 1. The molecule has 2 aliphatic carbocycles. The molecule has 4 rings (SSSR count). The van der Waals surface area contributed by atoms with Crippen LogP contribution < -0.4 is 10.2 Å². The molecule has 2 aliphatic rings. The van der Waals surface area contributed by atoms with Gasteiger partial charge in [-0.2, -0.15) is 0 Å². The smallest absolute Gasteiger partial charge is 0.195 e. The molecular formula is C15H22N4S. The third kappa shape index (κ3) is 2.33. The van der Waals surface area contributed by atoms with Gasteiger partial charge in [0.1, 0.15) is 0 Å². The van der Waals surface area contributed by atoms with E-state index in [0.29, 0.717) is 0 Å². The predicted molar refractivity (Wildman–Crippen MR) is 83.5 cm³/mol. The number of hydrogen-bond donors (Lipinski definition) is 1. The quantitative estimate of drug-likeness (QED) is 0.888. The maximum absolute atomic E-state index is 4.85. The van der Waals surface area contributed by atoms with Crippen molar-refractivity contribution >= 4 is 22.1 Å². The first-order chi connectivity index (χ1) is 9.81. The average molecular weight is 290 g/mol. The summed E-state index contributed by atoms with van der Waals surface area (Å²) in [5, 5.41) is 5.76. The van der Waals surface area contributed by atoms with Crippen molar-refractivity contribution < 1.29 is 0 Å². The van der Waals surface area contributed by atoms with Crippen LogP contribution in [-0.2, 0) is 6.54 Å². The summed E-state index contributed by atoms with van der Waals surface area (Å²) in [5.41, 5.74) is 1.33. The summed E-state index contributed by atoms with van der Waals surface area (Å²) in [7, 11) is 2.20. The zero-order valence-electron chi connectivity index (χ0n) is 12.0. The van der Waals surface area contributed by atoms with E-state index in [1.807, 2.05) is 0 Å². The van der Waals surface area contributed by atoms with Gasteiger partial charge in [-0.3, -0.25) is 4.40 Å². The number of thiazole rings is 1. The first-order valence-corrected chi connectivity index (χ1v) is 8.58. The minimum Gasteiger partial charge on any atom is -0.358 e. The number of aromatic nitrogens is 2. The first-order valence-electron chi connectivity index (χ1n) is 7.70. The normalized spacial score (nSPS) is 19.4. The molecule has 108 valence electrons. The van der Waals surface area contributed by atoms with Gasteiger partial charge in [0, 0.05) is 37.8 Å². The van der Waals surface area contributed by atoms with Crippen molar-refractivity contribution in [2.75, 3.05) is 18.5 Å². The molecule has 2 aromatic heterocycles. The van der Waals surface area contributed by atoms with Crippen LogP contribution in [0.3, 0.4) is 0 Å². The molecule has 5 heteroatoms. The van der Waals surface area contributed by atoms with E-state index in [9.17, 15) is 0 Å². The lowest BCUT2D eigenvalue weighted by Crippen LogP contribution is -2.30. The maximum Gasteiger partial charge on any atom is 0.195 e. The van der Waals surface area contributed by atoms with Crippen molar-refractivity contribution in [1.29, 1.82) is 0 Å². The second-order valence-electron chi connectivity index (χ2n) is 6.27. The van der Waals surface area contributed by atoms with E-state index < -0.39 is 0 Å². The zero-order valence-corrected chi connectivity index (χ0v) is 12.8. The molecule has 0 aliphatic heterocycles. The van der Waals surface area contributed by atoms with E-state index in [0.717, 1.165) is 30.0 Å². The number of nitrogens with one attached hydrogen (secondary N) is 1. The standard InChI is InChI=1S/C15H22N4S/c1-18(10-11-3-2-4-11)14-13(9-16-12-5-6-12)19-7-8-20-15(19)17-14/h7-8,11-12,16H,2-6,9-10H2,1H3. The van der Waals surface area contributed by atoms with E-state index in [1.165, 1.54) is 43.6 Å². The molecule has 2 saturated carbocycles. The second kappa shape index (κ2) is 5.04. The topological polar surface area (TPSA) is 32.6 Å². The van der Waals surface area contributed by atoms with Gasteiger partial charge in [0.15, 0.2) is 10.8 Å². The molecule has 1 N–H and O–H groups in total. The largest absolute Gasteiger partial charge is 0.358 e. The Bertz CT molecular complexity index is 594. The van der Waals surface area contributed by atoms with Crippen LogP contribution in [-0.4, -0.2) is 29.0 Å². The lowest BCUT2D eigenvalue weighted by Gasteiger charge is -2.30. The number of imidazole rings is 1. The van der Waals surface area contributed by atoms with Gasteiger partial charge < -0.3 is 10.2 Å². The Kier molecular flexibility index (Phi) is 3.19. The summed E-state index contributed by atoms with van der Waals surface area (Å²) >= 11 is 1.73. The molecule has 0 atom stereocenters. The van der Waals surface area contributed by atoms with Crippen LogP contribution in [0.25, 0.3) is 4.96 Å². The van der Waals surface area contributed by atoms with Gasteiger partial charge in [0.05, 0.1) is 5.69 Å². The molecule has 2 aromatic rings. The molecule has 0 unspecified atom stereocenters. The summed E-state index contributed by atoms with van der Waals surface area (Å²) < 4.78 is 2.26. The summed E-state index contributed by atoms with van der Waals surface area (Å²) in [5.74, 6) is 2.06. The highest BCUT2D eigenvalue weighted by molar-refractivity contribution is 7.15. The highest BCUT2D eigenvalue weighted by atomic mass is 32.1. The van der Waals surface area contributed by atoms with Crippen molar-refractivity contribution in [3.8, 4) is 0 Å². The van der Waals surface area contributed by atoms with Crippen LogP contribution >= 0.6 is 11.3 Å². The number of nitrogens with zero attached hydrogens (tertiary/aromatic N) is 3. The third-order valence-corrected chi connectivity index (χ3v) is 5.35. The molecule has 0 aromatic carbocycles. The zero-order chi connectivity index (χ0) is 13.5. The SMILES string of the molecule is CN(CC1CCC1)c1nc2sccn2c1CNC1CC1. The van der Waals surface area contributed by atoms with Gasteiger partial charge in [0.2, 0.25) is 0 Å². The van der Waals surface area contributed by atoms with Crippen LogP contribution in [0.1, 0.15) is 37.8 Å². The molecule has 0 saturated heterocycles. The first kappa shape index (κ1) is 12.7. The second-order valence-corrected chi connectivity index (χ2v) is 7.14. The van der Waals surface area contributed by atoms with E-state index in [-0.39, 0.29) is 0 Å². The molecule has 20 heavy (non-hydrogen) atoms. The fourth-order valence-corrected chi connectivity index (χ4v) is 3.70. The molecule has 2 fully saturated rings. The van der Waals surface area contributed by atoms with Crippen molar-refractivity contribution in [2.24, 2.45) is 5.92 Å². The molecule has 0 amide bonds. The Morgan fingerprint density at radius 1 is 1.40 bits per heavy atom. The van der Waals surface area contributed by atoms with Crippen LogP contribution in [0, 0.1) is 5.92 Å². The Labute approximate surface area is 123 Å². The highest BCUT2D eigenvalue weighted by Crippen LogP contribution is 2.30. The van der Waals surface area contributed by atoms with Crippen molar-refractivity contribution in [2.45, 2.75) is 44.7 Å². The summed E-state index contributed by atoms with van der Waals surface area (Å²) in [6.07, 6.45) is 9.01. The van der Waals surface area contributed by atoms with Gasteiger partial charge in [-0.15, -0.1) is 11.3 Å². The van der Waals surface area contributed by atoms with Crippen LogP contribution in [0.2, 0.25) is 0 Å². The average Bonchev–Trinajstić information content (AvgIpc) is 2.99. The summed E-state index contributed by atoms with van der Waals surface area (Å²) in [4.78, 5) is 8.34. The third-order valence-electron chi connectivity index (χ3n) is 4.59. The number of anilines is 1. The molecule has 0 bridgehead atoms. The van der Waals surface area contributed by atoms with Gasteiger partial charge in [0.25, 0.3) is 0 Å². The Morgan fingerprint density at radius 3 is 2.95 bits per heavy atom. The van der Waals surface area contributed by atoms with Crippen molar-refractivity contribution in [1.82, 2.24) is 14.7 Å². The fourth-order valence-electron chi connectivity index (χ4n) is 2.97. The van der Waals surface area contributed by atoms with Crippen LogP contribution in [0.15, 0.2) is 11.6 Å². The Hall–Kier alpha value is -1.07. The van der Waals surface area contributed by atoms with Crippen molar-refractivity contribution in [3.05, 3.63) is 17.3 Å².